The van der Waals surface area contributed by atoms with Crippen molar-refractivity contribution < 1.29 is 9.84 Å². The predicted molar refractivity (Wildman–Crippen MR) is 89.6 cm³/mol. The van der Waals surface area contributed by atoms with Crippen LogP contribution in [-0.4, -0.2) is 44.9 Å². The molecule has 0 amide bonds. The molecule has 0 bridgehead atoms. The topological polar surface area (TPSA) is 71.0 Å². The minimum Gasteiger partial charge on any atom is -0.390 e. The Morgan fingerprint density at radius 3 is 2.77 bits per heavy atom. The van der Waals surface area contributed by atoms with Crippen molar-refractivity contribution in [1.29, 1.82) is 0 Å². The lowest BCUT2D eigenvalue weighted by Crippen LogP contribution is -2.20. The predicted octanol–water partition coefficient (Wildman–Crippen LogP) is 2.85. The van der Waals surface area contributed by atoms with E-state index in [0.717, 1.165) is 5.56 Å². The number of benzene rings is 1. The molecule has 22 heavy (non-hydrogen) atoms. The number of ether oxygens (including phenoxy) is 1. The molecule has 5 nitrogen and oxygen atoms in total. The summed E-state index contributed by atoms with van der Waals surface area (Å²) in [6.45, 7) is 4.22. The van der Waals surface area contributed by atoms with E-state index in [-0.39, 0.29) is 6.10 Å². The van der Waals surface area contributed by atoms with Gasteiger partial charge < -0.3 is 9.84 Å². The van der Waals surface area contributed by atoms with Gasteiger partial charge in [-0.2, -0.15) is 0 Å². The maximum Gasteiger partial charge on any atom is 0.208 e. The van der Waals surface area contributed by atoms with Crippen molar-refractivity contribution in [3.05, 3.63) is 41.7 Å². The van der Waals surface area contributed by atoms with Gasteiger partial charge in [0.05, 0.1) is 18.8 Å². The number of thioether (sulfide) groups is 1. The van der Waals surface area contributed by atoms with Gasteiger partial charge in [0, 0.05) is 5.75 Å². The molecule has 2 N–H and O–H groups in total. The molecule has 0 fully saturated rings. The van der Waals surface area contributed by atoms with Gasteiger partial charge in [0.15, 0.2) is 0 Å². The quantitative estimate of drug-likeness (QED) is 0.732. The van der Waals surface area contributed by atoms with Crippen molar-refractivity contribution in [3.63, 3.8) is 0 Å². The van der Waals surface area contributed by atoms with Crippen molar-refractivity contribution in [2.24, 2.45) is 0 Å². The van der Waals surface area contributed by atoms with E-state index >= 15 is 0 Å². The van der Waals surface area contributed by atoms with Crippen LogP contribution in [-0.2, 0) is 4.74 Å². The maximum atomic E-state index is 9.79. The van der Waals surface area contributed by atoms with E-state index in [1.54, 1.807) is 0 Å². The molecule has 1 heterocycles. The number of hydrogen-bond acceptors (Lipinski definition) is 5. The minimum atomic E-state index is -0.519. The lowest BCUT2D eigenvalue weighted by Gasteiger charge is -2.11. The van der Waals surface area contributed by atoms with Gasteiger partial charge in [-0.3, -0.25) is 5.10 Å². The van der Waals surface area contributed by atoms with Crippen LogP contribution in [0.25, 0.3) is 12.2 Å². The van der Waals surface area contributed by atoms with E-state index in [0.29, 0.717) is 23.3 Å². The Morgan fingerprint density at radius 1 is 1.27 bits per heavy atom. The molecule has 118 valence electrons. The van der Waals surface area contributed by atoms with E-state index < -0.39 is 6.10 Å². The molecule has 0 radical (unpaired) electrons. The molecular formula is C16H21N3O2S. The van der Waals surface area contributed by atoms with Crippen molar-refractivity contribution >= 4 is 23.9 Å². The first kappa shape index (κ1) is 16.7. The number of rotatable bonds is 8. The summed E-state index contributed by atoms with van der Waals surface area (Å²) in [7, 11) is 0. The molecule has 0 spiro atoms. The van der Waals surface area contributed by atoms with Crippen LogP contribution in [0.3, 0.4) is 0 Å². The van der Waals surface area contributed by atoms with Gasteiger partial charge in [-0.05, 0) is 25.5 Å². The molecule has 2 rings (SSSR count). The normalized spacial score (nSPS) is 13.1. The highest BCUT2D eigenvalue weighted by Crippen LogP contribution is 2.15. The number of aliphatic hydroxyl groups is 1. The number of hydrogen-bond donors (Lipinski definition) is 2. The summed E-state index contributed by atoms with van der Waals surface area (Å²) in [5, 5.41) is 17.4. The second kappa shape index (κ2) is 8.73. The SMILES string of the molecule is CC(C)OCC(O)CSc1n[nH]c(/C=C/c2ccccc2)n1. The second-order valence-electron chi connectivity index (χ2n) is 5.09. The van der Waals surface area contributed by atoms with Crippen LogP contribution >= 0.6 is 11.8 Å². The fraction of sp³-hybridized carbons (Fsp3) is 0.375. The summed E-state index contributed by atoms with van der Waals surface area (Å²) in [6, 6.07) is 10.00. The van der Waals surface area contributed by atoms with Crippen molar-refractivity contribution in [1.82, 2.24) is 15.2 Å². The molecular weight excluding hydrogens is 298 g/mol. The summed E-state index contributed by atoms with van der Waals surface area (Å²) in [5.74, 6) is 1.20. The summed E-state index contributed by atoms with van der Waals surface area (Å²) in [4.78, 5) is 4.35. The summed E-state index contributed by atoms with van der Waals surface area (Å²) >= 11 is 1.41. The van der Waals surface area contributed by atoms with Crippen LogP contribution in [0.15, 0.2) is 35.5 Å². The standard InChI is InChI=1S/C16H21N3O2S/c1-12(2)21-10-14(20)11-22-16-17-15(18-19-16)9-8-13-6-4-3-5-7-13/h3-9,12,14,20H,10-11H2,1-2H3,(H,17,18,19)/b9-8+. The molecule has 1 aromatic heterocycles. The molecule has 0 saturated heterocycles. The fourth-order valence-corrected chi connectivity index (χ4v) is 2.37. The Hall–Kier alpha value is -1.63. The smallest absolute Gasteiger partial charge is 0.208 e. The Balaban J connectivity index is 1.80. The number of aliphatic hydroxyl groups excluding tert-OH is 1. The van der Waals surface area contributed by atoms with E-state index in [1.807, 2.05) is 56.3 Å². The van der Waals surface area contributed by atoms with E-state index in [1.165, 1.54) is 11.8 Å². The first-order valence-corrected chi connectivity index (χ1v) is 8.20. The molecule has 0 aliphatic rings. The molecule has 1 unspecified atom stereocenters. The summed E-state index contributed by atoms with van der Waals surface area (Å²) < 4.78 is 5.36. The van der Waals surface area contributed by atoms with E-state index in [4.69, 9.17) is 4.74 Å². The van der Waals surface area contributed by atoms with E-state index in [9.17, 15) is 5.11 Å². The molecule has 0 aliphatic carbocycles. The zero-order valence-corrected chi connectivity index (χ0v) is 13.6. The van der Waals surface area contributed by atoms with Crippen LogP contribution < -0.4 is 0 Å². The van der Waals surface area contributed by atoms with Gasteiger partial charge in [-0.25, -0.2) is 4.98 Å². The lowest BCUT2D eigenvalue weighted by molar-refractivity contribution is 0.0152. The maximum absolute atomic E-state index is 9.79. The molecule has 0 aliphatic heterocycles. The highest BCUT2D eigenvalue weighted by atomic mass is 32.2. The molecule has 1 aromatic carbocycles. The summed E-state index contributed by atoms with van der Waals surface area (Å²) in [6.07, 6.45) is 3.46. The van der Waals surface area contributed by atoms with Gasteiger partial charge in [0.25, 0.3) is 0 Å². The minimum absolute atomic E-state index is 0.123. The second-order valence-corrected chi connectivity index (χ2v) is 6.08. The largest absolute Gasteiger partial charge is 0.390 e. The highest BCUT2D eigenvalue weighted by Gasteiger charge is 2.09. The number of nitrogens with one attached hydrogen (secondary N) is 1. The van der Waals surface area contributed by atoms with Gasteiger partial charge >= 0.3 is 0 Å². The molecule has 1 atom stereocenters. The Kier molecular flexibility index (Phi) is 6.64. The van der Waals surface area contributed by atoms with Crippen LogP contribution in [0.1, 0.15) is 25.2 Å². The molecule has 0 saturated carbocycles. The van der Waals surface area contributed by atoms with Gasteiger partial charge in [-0.1, -0.05) is 48.2 Å². The van der Waals surface area contributed by atoms with Crippen LogP contribution in [0.2, 0.25) is 0 Å². The average Bonchev–Trinajstić information content (AvgIpc) is 2.98. The Bertz CT molecular complexity index is 584. The third-order valence-corrected chi connectivity index (χ3v) is 3.73. The zero-order chi connectivity index (χ0) is 15.8. The van der Waals surface area contributed by atoms with Gasteiger partial charge in [-0.15, -0.1) is 5.10 Å². The fourth-order valence-electron chi connectivity index (χ4n) is 1.66. The first-order chi connectivity index (χ1) is 10.6. The van der Waals surface area contributed by atoms with Crippen molar-refractivity contribution in [2.75, 3.05) is 12.4 Å². The Morgan fingerprint density at radius 2 is 2.05 bits per heavy atom. The first-order valence-electron chi connectivity index (χ1n) is 7.21. The molecule has 2 aromatic rings. The number of aromatic amines is 1. The summed E-state index contributed by atoms with van der Waals surface area (Å²) in [5.41, 5.74) is 1.11. The molecule has 6 heteroatoms. The van der Waals surface area contributed by atoms with Gasteiger partial charge in [0.2, 0.25) is 5.16 Å². The van der Waals surface area contributed by atoms with E-state index in [2.05, 4.69) is 15.2 Å². The number of H-pyrrole nitrogens is 1. The van der Waals surface area contributed by atoms with Crippen molar-refractivity contribution in [2.45, 2.75) is 31.2 Å². The monoisotopic (exact) mass is 319 g/mol. The number of aromatic nitrogens is 3. The van der Waals surface area contributed by atoms with Crippen LogP contribution in [0.5, 0.6) is 0 Å². The average molecular weight is 319 g/mol. The van der Waals surface area contributed by atoms with Gasteiger partial charge in [0.1, 0.15) is 5.82 Å². The zero-order valence-electron chi connectivity index (χ0n) is 12.8. The highest BCUT2D eigenvalue weighted by molar-refractivity contribution is 7.99. The van der Waals surface area contributed by atoms with Crippen LogP contribution in [0.4, 0.5) is 0 Å². The lowest BCUT2D eigenvalue weighted by atomic mass is 10.2. The Labute approximate surface area is 134 Å². The third kappa shape index (κ3) is 6.01. The van der Waals surface area contributed by atoms with Crippen LogP contribution in [0, 0.1) is 0 Å². The third-order valence-electron chi connectivity index (χ3n) is 2.74. The van der Waals surface area contributed by atoms with Crippen molar-refractivity contribution in [3.8, 4) is 0 Å². The number of nitrogens with zero attached hydrogens (tertiary/aromatic N) is 2.